The molecule has 0 atom stereocenters. The first kappa shape index (κ1) is 22.5. The lowest BCUT2D eigenvalue weighted by Gasteiger charge is -2.25. The molecule has 1 aliphatic rings. The monoisotopic (exact) mass is 430 g/mol. The Bertz CT molecular complexity index is 936. The average molecular weight is 431 g/mol. The number of nitrogens with zero attached hydrogens (tertiary/aromatic N) is 1. The summed E-state index contributed by atoms with van der Waals surface area (Å²) in [5.74, 6) is -0.0350. The van der Waals surface area contributed by atoms with E-state index < -0.39 is 10.0 Å². The van der Waals surface area contributed by atoms with E-state index in [1.54, 1.807) is 35.7 Å². The highest BCUT2D eigenvalue weighted by Gasteiger charge is 2.25. The van der Waals surface area contributed by atoms with E-state index in [1.807, 2.05) is 24.3 Å². The maximum absolute atomic E-state index is 12.7. The van der Waals surface area contributed by atoms with Crippen LogP contribution in [-0.4, -0.2) is 38.8 Å². The standard InChI is InChI=1S/C23H30N2O4S/c1-29-18-21-8-4-3-7-20(21)17-24-23(26)14-11-19-9-12-22(13-10-19)30(27,28)25-15-5-2-6-16-25/h3-4,7-10,12-13H,2,5-6,11,14-18H2,1H3,(H,24,26). The van der Waals surface area contributed by atoms with Gasteiger partial charge in [-0.05, 0) is 48.1 Å². The van der Waals surface area contributed by atoms with E-state index in [2.05, 4.69) is 5.32 Å². The molecule has 2 aromatic carbocycles. The first-order chi connectivity index (χ1) is 14.5. The summed E-state index contributed by atoms with van der Waals surface area (Å²) in [6.45, 7) is 2.17. The molecule has 1 heterocycles. The number of sulfonamides is 1. The van der Waals surface area contributed by atoms with Gasteiger partial charge in [0.25, 0.3) is 0 Å². The van der Waals surface area contributed by atoms with Crippen molar-refractivity contribution >= 4 is 15.9 Å². The second-order valence-corrected chi connectivity index (χ2v) is 9.53. The molecule has 0 spiro atoms. The summed E-state index contributed by atoms with van der Waals surface area (Å²) < 4.78 is 32.2. The van der Waals surface area contributed by atoms with Crippen LogP contribution in [-0.2, 0) is 39.1 Å². The average Bonchev–Trinajstić information content (AvgIpc) is 2.78. The van der Waals surface area contributed by atoms with Crippen LogP contribution in [0.25, 0.3) is 0 Å². The van der Waals surface area contributed by atoms with Crippen molar-refractivity contribution in [3.63, 3.8) is 0 Å². The van der Waals surface area contributed by atoms with Crippen molar-refractivity contribution in [1.82, 2.24) is 9.62 Å². The van der Waals surface area contributed by atoms with Crippen LogP contribution in [0.3, 0.4) is 0 Å². The molecule has 0 aliphatic carbocycles. The number of hydrogen-bond acceptors (Lipinski definition) is 4. The molecular weight excluding hydrogens is 400 g/mol. The molecule has 162 valence electrons. The maximum Gasteiger partial charge on any atom is 0.243 e. The minimum atomic E-state index is -3.41. The van der Waals surface area contributed by atoms with Crippen LogP contribution in [0.1, 0.15) is 42.4 Å². The highest BCUT2D eigenvalue weighted by atomic mass is 32.2. The van der Waals surface area contributed by atoms with Crippen LogP contribution in [0.2, 0.25) is 0 Å². The van der Waals surface area contributed by atoms with Gasteiger partial charge in [-0.3, -0.25) is 4.79 Å². The summed E-state index contributed by atoms with van der Waals surface area (Å²) in [5.41, 5.74) is 3.05. The van der Waals surface area contributed by atoms with E-state index in [9.17, 15) is 13.2 Å². The lowest BCUT2D eigenvalue weighted by Crippen LogP contribution is -2.35. The molecule has 0 bridgehead atoms. The van der Waals surface area contributed by atoms with Crippen LogP contribution < -0.4 is 5.32 Å². The molecule has 0 unspecified atom stereocenters. The van der Waals surface area contributed by atoms with E-state index in [-0.39, 0.29) is 5.91 Å². The van der Waals surface area contributed by atoms with Crippen LogP contribution in [0.5, 0.6) is 0 Å². The third kappa shape index (κ3) is 5.90. The van der Waals surface area contributed by atoms with Crippen LogP contribution in [0, 0.1) is 0 Å². The topological polar surface area (TPSA) is 75.7 Å². The van der Waals surface area contributed by atoms with Crippen LogP contribution in [0.15, 0.2) is 53.4 Å². The van der Waals surface area contributed by atoms with E-state index in [0.29, 0.717) is 44.0 Å². The number of hydrogen-bond donors (Lipinski definition) is 1. The van der Waals surface area contributed by atoms with Crippen molar-refractivity contribution in [3.05, 3.63) is 65.2 Å². The number of aryl methyl sites for hydroxylation is 1. The quantitative estimate of drug-likeness (QED) is 0.663. The highest BCUT2D eigenvalue weighted by Crippen LogP contribution is 2.21. The van der Waals surface area contributed by atoms with Gasteiger partial charge in [0.1, 0.15) is 0 Å². The van der Waals surface area contributed by atoms with Gasteiger partial charge in [0, 0.05) is 33.2 Å². The highest BCUT2D eigenvalue weighted by molar-refractivity contribution is 7.89. The van der Waals surface area contributed by atoms with Gasteiger partial charge in [-0.1, -0.05) is 42.8 Å². The molecule has 0 aromatic heterocycles. The van der Waals surface area contributed by atoms with Gasteiger partial charge in [-0.15, -0.1) is 0 Å². The van der Waals surface area contributed by atoms with Crippen LogP contribution in [0.4, 0.5) is 0 Å². The number of nitrogens with one attached hydrogen (secondary N) is 1. The third-order valence-corrected chi connectivity index (χ3v) is 7.32. The molecule has 0 radical (unpaired) electrons. The van der Waals surface area contributed by atoms with Crippen molar-refractivity contribution in [2.75, 3.05) is 20.2 Å². The molecule has 6 nitrogen and oxygen atoms in total. The summed E-state index contributed by atoms with van der Waals surface area (Å²) in [5, 5.41) is 2.95. The van der Waals surface area contributed by atoms with Crippen molar-refractivity contribution in [3.8, 4) is 0 Å². The number of carbonyl (C=O) groups excluding carboxylic acids is 1. The number of methoxy groups -OCH3 is 1. The number of benzene rings is 2. The molecule has 1 amide bonds. The number of amides is 1. The molecule has 2 aromatic rings. The Labute approximate surface area is 179 Å². The summed E-state index contributed by atoms with van der Waals surface area (Å²) in [6, 6.07) is 14.8. The number of piperidine rings is 1. The molecular formula is C23H30N2O4S. The molecule has 0 saturated carbocycles. The fraction of sp³-hybridized carbons (Fsp3) is 0.435. The zero-order valence-corrected chi connectivity index (χ0v) is 18.3. The van der Waals surface area contributed by atoms with Crippen molar-refractivity contribution in [2.24, 2.45) is 0 Å². The minimum absolute atomic E-state index is 0.0350. The molecule has 1 aliphatic heterocycles. The zero-order valence-electron chi connectivity index (χ0n) is 17.5. The molecule has 30 heavy (non-hydrogen) atoms. The smallest absolute Gasteiger partial charge is 0.243 e. The van der Waals surface area contributed by atoms with E-state index >= 15 is 0 Å². The predicted molar refractivity (Wildman–Crippen MR) is 116 cm³/mol. The van der Waals surface area contributed by atoms with Gasteiger partial charge in [0.05, 0.1) is 11.5 Å². The fourth-order valence-corrected chi connectivity index (χ4v) is 5.17. The van der Waals surface area contributed by atoms with Crippen molar-refractivity contribution in [2.45, 2.75) is 50.2 Å². The van der Waals surface area contributed by atoms with E-state index in [0.717, 1.165) is 36.0 Å². The largest absolute Gasteiger partial charge is 0.380 e. The lowest BCUT2D eigenvalue weighted by atomic mass is 10.1. The summed E-state index contributed by atoms with van der Waals surface area (Å²) in [4.78, 5) is 12.6. The van der Waals surface area contributed by atoms with Gasteiger partial charge in [-0.2, -0.15) is 4.31 Å². The Morgan fingerprint density at radius 1 is 1.00 bits per heavy atom. The van der Waals surface area contributed by atoms with Gasteiger partial charge in [-0.25, -0.2) is 8.42 Å². The summed E-state index contributed by atoms with van der Waals surface area (Å²) in [7, 11) is -1.76. The fourth-order valence-electron chi connectivity index (χ4n) is 3.65. The van der Waals surface area contributed by atoms with E-state index in [1.165, 1.54) is 0 Å². The molecule has 1 N–H and O–H groups in total. The second-order valence-electron chi connectivity index (χ2n) is 7.59. The molecule has 1 fully saturated rings. The van der Waals surface area contributed by atoms with Crippen LogP contribution >= 0.6 is 0 Å². The summed E-state index contributed by atoms with van der Waals surface area (Å²) in [6.07, 6.45) is 3.84. The van der Waals surface area contributed by atoms with Crippen molar-refractivity contribution in [1.29, 1.82) is 0 Å². The number of rotatable bonds is 9. The molecule has 7 heteroatoms. The number of carbonyl (C=O) groups is 1. The molecule has 1 saturated heterocycles. The Kier molecular flexibility index (Phi) is 8.01. The first-order valence-corrected chi connectivity index (χ1v) is 11.9. The summed E-state index contributed by atoms with van der Waals surface area (Å²) >= 11 is 0. The Balaban J connectivity index is 1.51. The minimum Gasteiger partial charge on any atom is -0.380 e. The Morgan fingerprint density at radius 3 is 2.33 bits per heavy atom. The first-order valence-electron chi connectivity index (χ1n) is 10.4. The van der Waals surface area contributed by atoms with Gasteiger partial charge >= 0.3 is 0 Å². The Morgan fingerprint density at radius 2 is 1.67 bits per heavy atom. The van der Waals surface area contributed by atoms with Gasteiger partial charge in [0.2, 0.25) is 15.9 Å². The Hall–Kier alpha value is -2.22. The normalized spacial score (nSPS) is 15.1. The molecule has 3 rings (SSSR count). The maximum atomic E-state index is 12.7. The predicted octanol–water partition coefficient (Wildman–Crippen LogP) is 3.26. The zero-order chi connectivity index (χ0) is 21.4. The van der Waals surface area contributed by atoms with Gasteiger partial charge < -0.3 is 10.1 Å². The third-order valence-electron chi connectivity index (χ3n) is 5.41. The van der Waals surface area contributed by atoms with E-state index in [4.69, 9.17) is 4.74 Å². The van der Waals surface area contributed by atoms with Crippen molar-refractivity contribution < 1.29 is 17.9 Å². The second kappa shape index (κ2) is 10.7. The lowest BCUT2D eigenvalue weighted by molar-refractivity contribution is -0.121. The SMILES string of the molecule is COCc1ccccc1CNC(=O)CCc1ccc(S(=O)(=O)N2CCCCC2)cc1. The van der Waals surface area contributed by atoms with Gasteiger partial charge in [0.15, 0.2) is 0 Å². The number of ether oxygens (including phenoxy) is 1.